The number of rotatable bonds is 6. The van der Waals surface area contributed by atoms with Gasteiger partial charge in [0.25, 0.3) is 0 Å². The summed E-state index contributed by atoms with van der Waals surface area (Å²) in [5, 5.41) is 6.41. The Morgan fingerprint density at radius 1 is 1.31 bits per heavy atom. The Kier molecular flexibility index (Phi) is 6.89. The van der Waals surface area contributed by atoms with Crippen molar-refractivity contribution in [2.75, 3.05) is 45.9 Å². The van der Waals surface area contributed by atoms with Gasteiger partial charge in [0.2, 0.25) is 5.91 Å². The van der Waals surface area contributed by atoms with Crippen LogP contribution in [0.5, 0.6) is 0 Å². The molecule has 1 saturated carbocycles. The van der Waals surface area contributed by atoms with Crippen molar-refractivity contribution in [1.82, 2.24) is 20.1 Å². The number of ether oxygens (including phenoxy) is 1. The van der Waals surface area contributed by atoms with Gasteiger partial charge in [-0.25, -0.2) is 4.98 Å². The van der Waals surface area contributed by atoms with E-state index < -0.39 is 0 Å². The van der Waals surface area contributed by atoms with Crippen LogP contribution in [0.4, 0.5) is 0 Å². The quantitative estimate of drug-likeness (QED) is 0.766. The number of nitrogens with one attached hydrogen (secondary N) is 1. The first-order valence-electron chi connectivity index (χ1n) is 11.4. The van der Waals surface area contributed by atoms with Crippen molar-refractivity contribution in [2.24, 2.45) is 11.3 Å². The van der Waals surface area contributed by atoms with Gasteiger partial charge in [-0.1, -0.05) is 13.8 Å². The summed E-state index contributed by atoms with van der Waals surface area (Å²) in [6, 6.07) is 0.615. The third-order valence-electron chi connectivity index (χ3n) is 7.38. The predicted molar refractivity (Wildman–Crippen MR) is 116 cm³/mol. The molecule has 0 aromatic carbocycles. The second-order valence-corrected chi connectivity index (χ2v) is 9.80. The largest absolute Gasteiger partial charge is 0.379 e. The molecule has 4 rings (SSSR count). The lowest BCUT2D eigenvalue weighted by Gasteiger charge is -2.53. The van der Waals surface area contributed by atoms with Gasteiger partial charge in [0.15, 0.2) is 0 Å². The minimum absolute atomic E-state index is 0.234. The van der Waals surface area contributed by atoms with E-state index in [0.29, 0.717) is 18.5 Å². The zero-order valence-corrected chi connectivity index (χ0v) is 18.8. The fourth-order valence-corrected chi connectivity index (χ4v) is 6.38. The second kappa shape index (κ2) is 9.41. The minimum Gasteiger partial charge on any atom is -0.379 e. The first-order chi connectivity index (χ1) is 14.1. The molecule has 7 heteroatoms. The molecule has 6 nitrogen and oxygen atoms in total. The van der Waals surface area contributed by atoms with Gasteiger partial charge in [-0.2, -0.15) is 0 Å². The maximum atomic E-state index is 13.6. The van der Waals surface area contributed by atoms with Crippen LogP contribution < -0.4 is 5.32 Å². The third kappa shape index (κ3) is 4.53. The Morgan fingerprint density at radius 3 is 2.86 bits per heavy atom. The van der Waals surface area contributed by atoms with Crippen LogP contribution in [0, 0.1) is 11.3 Å². The predicted octanol–water partition coefficient (Wildman–Crippen LogP) is 2.53. The molecule has 3 fully saturated rings. The van der Waals surface area contributed by atoms with E-state index in [9.17, 15) is 4.79 Å². The lowest BCUT2D eigenvalue weighted by Crippen LogP contribution is -2.60. The number of carbonyl (C=O) groups is 1. The number of amides is 1. The number of thiazole rings is 1. The molecule has 162 valence electrons. The van der Waals surface area contributed by atoms with Crippen LogP contribution in [0.3, 0.4) is 0 Å². The zero-order valence-electron chi connectivity index (χ0n) is 18.0. The van der Waals surface area contributed by atoms with E-state index in [2.05, 4.69) is 39.3 Å². The van der Waals surface area contributed by atoms with Crippen LogP contribution in [0.1, 0.15) is 50.2 Å². The van der Waals surface area contributed by atoms with E-state index >= 15 is 0 Å². The first kappa shape index (κ1) is 21.2. The fraction of sp³-hybridized carbons (Fsp3) is 0.818. The molecule has 3 aliphatic rings. The van der Waals surface area contributed by atoms with Crippen LogP contribution in [-0.4, -0.2) is 72.7 Å². The highest BCUT2D eigenvalue weighted by Gasteiger charge is 2.52. The molecule has 1 N–H and O–H groups in total. The third-order valence-corrected chi connectivity index (χ3v) is 8.28. The zero-order chi connectivity index (χ0) is 20.3. The molecule has 1 aromatic heterocycles. The van der Waals surface area contributed by atoms with E-state index in [4.69, 9.17) is 4.74 Å². The summed E-state index contributed by atoms with van der Waals surface area (Å²) in [6.07, 6.45) is 5.37. The number of aromatic nitrogens is 1. The van der Waals surface area contributed by atoms with Gasteiger partial charge >= 0.3 is 0 Å². The second-order valence-electron chi connectivity index (χ2n) is 8.86. The van der Waals surface area contributed by atoms with Gasteiger partial charge in [0.1, 0.15) is 5.01 Å². The molecule has 0 bridgehead atoms. The highest BCUT2D eigenvalue weighted by Crippen LogP contribution is 2.47. The lowest BCUT2D eigenvalue weighted by atomic mass is 9.61. The van der Waals surface area contributed by atoms with E-state index in [1.54, 1.807) is 11.3 Å². The molecule has 0 radical (unpaired) electrons. The molecular weight excluding hydrogens is 384 g/mol. The monoisotopic (exact) mass is 420 g/mol. The lowest BCUT2D eigenvalue weighted by molar-refractivity contribution is -0.145. The average Bonchev–Trinajstić information content (AvgIpc) is 3.25. The molecule has 2 aliphatic heterocycles. The SMILES string of the molecule is CCc1csc(CNC(=O)[C@@]23CC[C@H](N4CCOCC4)C[C@H]2CCN(CC)C3)n1. The number of nitrogens with zero attached hydrogens (tertiary/aromatic N) is 3. The summed E-state index contributed by atoms with van der Waals surface area (Å²) >= 11 is 1.66. The Bertz CT molecular complexity index is 690. The van der Waals surface area contributed by atoms with Crippen molar-refractivity contribution in [3.8, 4) is 0 Å². The Hall–Kier alpha value is -1.02. The Labute approximate surface area is 179 Å². The van der Waals surface area contributed by atoms with E-state index in [0.717, 1.165) is 88.7 Å². The van der Waals surface area contributed by atoms with Gasteiger partial charge in [0, 0.05) is 31.1 Å². The van der Waals surface area contributed by atoms with Crippen molar-refractivity contribution >= 4 is 17.2 Å². The number of hydrogen-bond acceptors (Lipinski definition) is 6. The van der Waals surface area contributed by atoms with Gasteiger partial charge in [-0.3, -0.25) is 9.69 Å². The van der Waals surface area contributed by atoms with Crippen molar-refractivity contribution in [1.29, 1.82) is 0 Å². The van der Waals surface area contributed by atoms with Crippen molar-refractivity contribution in [3.05, 3.63) is 16.1 Å². The highest BCUT2D eigenvalue weighted by molar-refractivity contribution is 7.09. The van der Waals surface area contributed by atoms with Crippen LogP contribution in [0.25, 0.3) is 0 Å². The van der Waals surface area contributed by atoms with Crippen LogP contribution >= 0.6 is 11.3 Å². The van der Waals surface area contributed by atoms with Crippen molar-refractivity contribution < 1.29 is 9.53 Å². The number of aryl methyl sites for hydroxylation is 1. The summed E-state index contributed by atoms with van der Waals surface area (Å²) in [5.41, 5.74) is 0.887. The highest BCUT2D eigenvalue weighted by atomic mass is 32.1. The van der Waals surface area contributed by atoms with Gasteiger partial charge in [-0.05, 0) is 51.1 Å². The summed E-state index contributed by atoms with van der Waals surface area (Å²) in [7, 11) is 0. The van der Waals surface area contributed by atoms with E-state index in [1.165, 1.54) is 0 Å². The smallest absolute Gasteiger partial charge is 0.228 e. The number of hydrogen-bond donors (Lipinski definition) is 1. The van der Waals surface area contributed by atoms with Crippen LogP contribution in [0.15, 0.2) is 5.38 Å². The molecule has 29 heavy (non-hydrogen) atoms. The normalized spacial score (nSPS) is 31.4. The topological polar surface area (TPSA) is 57.7 Å². The molecule has 2 saturated heterocycles. The summed E-state index contributed by atoms with van der Waals surface area (Å²) in [6.45, 7) is 11.8. The van der Waals surface area contributed by atoms with Gasteiger partial charge < -0.3 is 15.0 Å². The number of morpholine rings is 1. The molecule has 1 amide bonds. The number of fused-ring (bicyclic) bond motifs is 1. The maximum Gasteiger partial charge on any atom is 0.228 e. The molecule has 1 aromatic rings. The summed E-state index contributed by atoms with van der Waals surface area (Å²) in [4.78, 5) is 23.3. The van der Waals surface area contributed by atoms with Crippen LogP contribution in [0.2, 0.25) is 0 Å². The molecule has 0 spiro atoms. The summed E-state index contributed by atoms with van der Waals surface area (Å²) < 4.78 is 5.55. The number of likely N-dealkylation sites (tertiary alicyclic amines) is 1. The standard InChI is InChI=1S/C22H36N4O2S/c1-3-18-15-29-20(24-18)14-23-21(27)22-7-5-19(26-9-11-28-12-10-26)13-17(22)6-8-25(4-2)16-22/h15,17,19H,3-14,16H2,1-2H3,(H,23,27)/t17-,19+,22-/m1/s1. The fourth-order valence-electron chi connectivity index (χ4n) is 5.56. The molecular formula is C22H36N4O2S. The van der Waals surface area contributed by atoms with E-state index in [1.807, 2.05) is 0 Å². The van der Waals surface area contributed by atoms with Gasteiger partial charge in [-0.15, -0.1) is 11.3 Å². The molecule has 3 heterocycles. The molecule has 3 atom stereocenters. The van der Waals surface area contributed by atoms with E-state index in [-0.39, 0.29) is 11.3 Å². The van der Waals surface area contributed by atoms with Crippen LogP contribution in [-0.2, 0) is 22.5 Å². The van der Waals surface area contributed by atoms with Crippen molar-refractivity contribution in [2.45, 2.75) is 58.5 Å². The number of carbonyl (C=O) groups excluding carboxylic acids is 1. The Balaban J connectivity index is 1.45. The molecule has 1 aliphatic carbocycles. The maximum absolute atomic E-state index is 13.6. The minimum atomic E-state index is -0.234. The van der Waals surface area contributed by atoms with Gasteiger partial charge in [0.05, 0.1) is 30.9 Å². The summed E-state index contributed by atoms with van der Waals surface area (Å²) in [5.74, 6) is 0.740. The number of piperidine rings is 1. The van der Waals surface area contributed by atoms with Crippen molar-refractivity contribution in [3.63, 3.8) is 0 Å². The Morgan fingerprint density at radius 2 is 2.14 bits per heavy atom. The first-order valence-corrected chi connectivity index (χ1v) is 12.3. The average molecular weight is 421 g/mol. The molecule has 0 unspecified atom stereocenters.